The molecule has 0 saturated carbocycles. The van der Waals surface area contributed by atoms with E-state index in [-0.39, 0.29) is 0 Å². The standard InChI is InChI=1S/C9H13ClN2S/c1-2-5-13-9-8(10)7(6-11)3-4-12-9/h3-4H,2,5-6,11H2,1H3. The Bertz CT molecular complexity index is 278. The van der Waals surface area contributed by atoms with E-state index in [4.69, 9.17) is 17.3 Å². The van der Waals surface area contributed by atoms with Crippen LogP contribution in [0.15, 0.2) is 17.3 Å². The Kier molecular flexibility index (Phi) is 4.56. The highest BCUT2D eigenvalue weighted by Gasteiger charge is 2.05. The fourth-order valence-corrected chi connectivity index (χ4v) is 2.06. The van der Waals surface area contributed by atoms with Gasteiger partial charge < -0.3 is 5.73 Å². The van der Waals surface area contributed by atoms with Crippen molar-refractivity contribution in [3.63, 3.8) is 0 Å². The summed E-state index contributed by atoms with van der Waals surface area (Å²) in [5.41, 5.74) is 6.49. The average molecular weight is 217 g/mol. The lowest BCUT2D eigenvalue weighted by Crippen LogP contribution is -1.98. The van der Waals surface area contributed by atoms with E-state index in [2.05, 4.69) is 11.9 Å². The minimum Gasteiger partial charge on any atom is -0.326 e. The Hall–Kier alpha value is -0.250. The van der Waals surface area contributed by atoms with Crippen molar-refractivity contribution in [3.8, 4) is 0 Å². The number of halogens is 1. The Balaban J connectivity index is 2.81. The topological polar surface area (TPSA) is 38.9 Å². The van der Waals surface area contributed by atoms with Gasteiger partial charge in [-0.2, -0.15) is 0 Å². The van der Waals surface area contributed by atoms with Gasteiger partial charge in [-0.15, -0.1) is 11.8 Å². The molecule has 0 aliphatic carbocycles. The van der Waals surface area contributed by atoms with Gasteiger partial charge in [-0.25, -0.2) is 4.98 Å². The molecule has 0 aliphatic heterocycles. The molecular formula is C9H13ClN2S. The Labute approximate surface area is 87.9 Å². The Morgan fingerprint density at radius 1 is 1.62 bits per heavy atom. The monoisotopic (exact) mass is 216 g/mol. The van der Waals surface area contributed by atoms with Crippen molar-refractivity contribution in [2.24, 2.45) is 5.73 Å². The van der Waals surface area contributed by atoms with E-state index >= 15 is 0 Å². The number of thioether (sulfide) groups is 1. The van der Waals surface area contributed by atoms with Crippen LogP contribution in [0.2, 0.25) is 5.02 Å². The first-order valence-electron chi connectivity index (χ1n) is 4.25. The Morgan fingerprint density at radius 2 is 2.38 bits per heavy atom. The molecule has 0 fully saturated rings. The van der Waals surface area contributed by atoms with Crippen LogP contribution >= 0.6 is 23.4 Å². The smallest absolute Gasteiger partial charge is 0.115 e. The summed E-state index contributed by atoms with van der Waals surface area (Å²) in [6, 6.07) is 1.86. The summed E-state index contributed by atoms with van der Waals surface area (Å²) in [5.74, 6) is 1.04. The van der Waals surface area contributed by atoms with Crippen LogP contribution < -0.4 is 5.73 Å². The maximum atomic E-state index is 6.08. The lowest BCUT2D eigenvalue weighted by molar-refractivity contribution is 1.01. The SMILES string of the molecule is CCCSc1nccc(CN)c1Cl. The number of nitrogens with two attached hydrogens (primary N) is 1. The fraction of sp³-hybridized carbons (Fsp3) is 0.444. The van der Waals surface area contributed by atoms with Gasteiger partial charge in [0.1, 0.15) is 5.03 Å². The highest BCUT2D eigenvalue weighted by Crippen LogP contribution is 2.27. The minimum absolute atomic E-state index is 0.473. The second kappa shape index (κ2) is 5.47. The first kappa shape index (κ1) is 10.8. The molecule has 0 spiro atoms. The quantitative estimate of drug-likeness (QED) is 0.787. The molecule has 0 aromatic carbocycles. The van der Waals surface area contributed by atoms with Crippen LogP contribution in [0.3, 0.4) is 0 Å². The number of rotatable bonds is 4. The normalized spacial score (nSPS) is 10.4. The molecule has 1 aromatic heterocycles. The molecule has 0 bridgehead atoms. The molecular weight excluding hydrogens is 204 g/mol. The molecule has 1 heterocycles. The van der Waals surface area contributed by atoms with Gasteiger partial charge in [0.05, 0.1) is 5.02 Å². The van der Waals surface area contributed by atoms with Crippen molar-refractivity contribution in [1.82, 2.24) is 4.98 Å². The lowest BCUT2D eigenvalue weighted by atomic mass is 10.3. The van der Waals surface area contributed by atoms with E-state index < -0.39 is 0 Å². The van der Waals surface area contributed by atoms with Gasteiger partial charge in [-0.05, 0) is 23.8 Å². The number of nitrogens with zero attached hydrogens (tertiary/aromatic N) is 1. The predicted molar refractivity (Wildman–Crippen MR) is 58.2 cm³/mol. The van der Waals surface area contributed by atoms with Crippen molar-refractivity contribution in [3.05, 3.63) is 22.8 Å². The summed E-state index contributed by atoms with van der Waals surface area (Å²) < 4.78 is 0. The first-order valence-corrected chi connectivity index (χ1v) is 5.62. The maximum Gasteiger partial charge on any atom is 0.115 e. The maximum absolute atomic E-state index is 6.08. The van der Waals surface area contributed by atoms with Crippen LogP contribution in [0.5, 0.6) is 0 Å². The summed E-state index contributed by atoms with van der Waals surface area (Å²) in [6.45, 7) is 2.61. The van der Waals surface area contributed by atoms with Crippen molar-refractivity contribution in [1.29, 1.82) is 0 Å². The second-order valence-corrected chi connectivity index (χ2v) is 4.10. The van der Waals surface area contributed by atoms with E-state index in [0.29, 0.717) is 11.6 Å². The zero-order valence-corrected chi connectivity index (χ0v) is 9.16. The van der Waals surface area contributed by atoms with Crippen LogP contribution in [-0.4, -0.2) is 10.7 Å². The predicted octanol–water partition coefficient (Wildman–Crippen LogP) is 2.70. The molecule has 2 N–H and O–H groups in total. The fourth-order valence-electron chi connectivity index (χ4n) is 0.919. The Morgan fingerprint density at radius 3 is 3.00 bits per heavy atom. The summed E-state index contributed by atoms with van der Waals surface area (Å²) in [7, 11) is 0. The van der Waals surface area contributed by atoms with Crippen LogP contribution in [0.1, 0.15) is 18.9 Å². The van der Waals surface area contributed by atoms with E-state index in [1.54, 1.807) is 18.0 Å². The van der Waals surface area contributed by atoms with Crippen molar-refractivity contribution >= 4 is 23.4 Å². The highest BCUT2D eigenvalue weighted by atomic mass is 35.5. The van der Waals surface area contributed by atoms with Crippen LogP contribution in [-0.2, 0) is 6.54 Å². The van der Waals surface area contributed by atoms with Gasteiger partial charge in [0.25, 0.3) is 0 Å². The van der Waals surface area contributed by atoms with Gasteiger partial charge in [-0.3, -0.25) is 0 Å². The molecule has 1 aromatic rings. The van der Waals surface area contributed by atoms with E-state index in [9.17, 15) is 0 Å². The van der Waals surface area contributed by atoms with Crippen molar-refractivity contribution in [2.75, 3.05) is 5.75 Å². The van der Waals surface area contributed by atoms with Crippen LogP contribution in [0.4, 0.5) is 0 Å². The third-order valence-corrected chi connectivity index (χ3v) is 3.33. The number of pyridine rings is 1. The largest absolute Gasteiger partial charge is 0.326 e. The molecule has 13 heavy (non-hydrogen) atoms. The summed E-state index contributed by atoms with van der Waals surface area (Å²) in [4.78, 5) is 4.20. The molecule has 0 unspecified atom stereocenters. The van der Waals surface area contributed by atoms with Crippen LogP contribution in [0.25, 0.3) is 0 Å². The molecule has 4 heteroatoms. The van der Waals surface area contributed by atoms with Gasteiger partial charge in [0.15, 0.2) is 0 Å². The molecule has 0 amide bonds. The molecule has 0 atom stereocenters. The average Bonchev–Trinajstić information content (AvgIpc) is 2.16. The third kappa shape index (κ3) is 2.86. The molecule has 2 nitrogen and oxygen atoms in total. The molecule has 0 aliphatic rings. The molecule has 0 saturated heterocycles. The van der Waals surface area contributed by atoms with Gasteiger partial charge >= 0.3 is 0 Å². The number of hydrogen-bond donors (Lipinski definition) is 1. The van der Waals surface area contributed by atoms with Crippen molar-refractivity contribution in [2.45, 2.75) is 24.9 Å². The molecule has 1 rings (SSSR count). The summed E-state index contributed by atoms with van der Waals surface area (Å²) in [5, 5.41) is 1.61. The third-order valence-electron chi connectivity index (χ3n) is 1.60. The minimum atomic E-state index is 0.473. The van der Waals surface area contributed by atoms with Crippen LogP contribution in [0, 0.1) is 0 Å². The van der Waals surface area contributed by atoms with Gasteiger partial charge in [0.2, 0.25) is 0 Å². The molecule has 0 radical (unpaired) electrons. The zero-order chi connectivity index (χ0) is 9.68. The lowest BCUT2D eigenvalue weighted by Gasteiger charge is -2.05. The number of hydrogen-bond acceptors (Lipinski definition) is 3. The first-order chi connectivity index (χ1) is 6.29. The van der Waals surface area contributed by atoms with E-state index in [1.165, 1.54) is 0 Å². The number of aromatic nitrogens is 1. The van der Waals surface area contributed by atoms with Gasteiger partial charge in [-0.1, -0.05) is 18.5 Å². The highest BCUT2D eigenvalue weighted by molar-refractivity contribution is 7.99. The van der Waals surface area contributed by atoms with Gasteiger partial charge in [0, 0.05) is 12.7 Å². The van der Waals surface area contributed by atoms with E-state index in [1.807, 2.05) is 6.07 Å². The molecule has 72 valence electrons. The van der Waals surface area contributed by atoms with Crippen molar-refractivity contribution < 1.29 is 0 Å². The zero-order valence-electron chi connectivity index (χ0n) is 7.59. The second-order valence-electron chi connectivity index (χ2n) is 2.64. The van der Waals surface area contributed by atoms with E-state index in [0.717, 1.165) is 22.8 Å². The summed E-state index contributed by atoms with van der Waals surface area (Å²) >= 11 is 7.76. The summed E-state index contributed by atoms with van der Waals surface area (Å²) in [6.07, 6.45) is 2.88.